The van der Waals surface area contributed by atoms with Crippen molar-refractivity contribution in [3.63, 3.8) is 0 Å². The molecule has 0 N–H and O–H groups in total. The molecular weight excluding hydrogens is 184 g/mol. The molecule has 0 bridgehead atoms. The summed E-state index contributed by atoms with van der Waals surface area (Å²) >= 11 is 0. The van der Waals surface area contributed by atoms with Crippen LogP contribution in [0.3, 0.4) is 0 Å². The summed E-state index contributed by atoms with van der Waals surface area (Å²) in [5, 5.41) is 0. The molecule has 4 heteroatoms. The van der Waals surface area contributed by atoms with Gasteiger partial charge in [0.15, 0.2) is 5.79 Å². The maximum Gasteiger partial charge on any atom is 0.306 e. The minimum absolute atomic E-state index is 0.0324. The molecule has 0 unspecified atom stereocenters. The van der Waals surface area contributed by atoms with Crippen molar-refractivity contribution in [1.82, 2.24) is 0 Å². The van der Waals surface area contributed by atoms with E-state index in [9.17, 15) is 4.79 Å². The number of esters is 1. The topological polar surface area (TPSA) is 44.8 Å². The van der Waals surface area contributed by atoms with E-state index < -0.39 is 5.79 Å². The van der Waals surface area contributed by atoms with Gasteiger partial charge < -0.3 is 14.2 Å². The second-order valence-electron chi connectivity index (χ2n) is 4.34. The molecule has 0 aromatic carbocycles. The van der Waals surface area contributed by atoms with Gasteiger partial charge in [0.25, 0.3) is 0 Å². The lowest BCUT2D eigenvalue weighted by molar-refractivity contribution is -0.147. The number of carbonyl (C=O) groups is 1. The first-order valence-corrected chi connectivity index (χ1v) is 5.06. The van der Waals surface area contributed by atoms with Crippen molar-refractivity contribution in [3.05, 3.63) is 0 Å². The molecule has 2 aliphatic rings. The standard InChI is InChI=1S/C10H16O4/c1-10(2)12-6-8(14-10)5-7-3-4-9(11)13-7/h7-8H,3-6H2,1-2H3/t7-,8-/m1/s1. The third-order valence-corrected chi connectivity index (χ3v) is 2.56. The van der Waals surface area contributed by atoms with Crippen molar-refractivity contribution in [2.75, 3.05) is 6.61 Å². The summed E-state index contributed by atoms with van der Waals surface area (Å²) in [6.45, 7) is 4.39. The Kier molecular flexibility index (Phi) is 2.49. The number of hydrogen-bond donors (Lipinski definition) is 0. The molecule has 0 aromatic heterocycles. The SMILES string of the molecule is CC1(C)OC[C@@H](C[C@H]2CCC(=O)O2)O1. The lowest BCUT2D eigenvalue weighted by Crippen LogP contribution is -2.24. The van der Waals surface area contributed by atoms with E-state index in [1.54, 1.807) is 0 Å². The van der Waals surface area contributed by atoms with Crippen LogP contribution in [0.25, 0.3) is 0 Å². The highest BCUT2D eigenvalue weighted by Crippen LogP contribution is 2.28. The summed E-state index contributed by atoms with van der Waals surface area (Å²) in [5.74, 6) is -0.569. The molecule has 2 saturated heterocycles. The van der Waals surface area contributed by atoms with Crippen LogP contribution < -0.4 is 0 Å². The van der Waals surface area contributed by atoms with Crippen LogP contribution >= 0.6 is 0 Å². The molecule has 14 heavy (non-hydrogen) atoms. The van der Waals surface area contributed by atoms with Crippen LogP contribution in [-0.4, -0.2) is 30.6 Å². The Labute approximate surface area is 83.5 Å². The van der Waals surface area contributed by atoms with E-state index in [2.05, 4.69) is 0 Å². The van der Waals surface area contributed by atoms with Gasteiger partial charge in [0, 0.05) is 12.8 Å². The summed E-state index contributed by atoms with van der Waals surface area (Å²) in [6, 6.07) is 0. The molecule has 2 rings (SSSR count). The molecule has 2 heterocycles. The third-order valence-electron chi connectivity index (χ3n) is 2.56. The molecule has 0 aliphatic carbocycles. The van der Waals surface area contributed by atoms with Gasteiger partial charge in [-0.2, -0.15) is 0 Å². The van der Waals surface area contributed by atoms with E-state index >= 15 is 0 Å². The van der Waals surface area contributed by atoms with E-state index in [4.69, 9.17) is 14.2 Å². The summed E-state index contributed by atoms with van der Waals surface area (Å²) in [5.41, 5.74) is 0. The van der Waals surface area contributed by atoms with Crippen LogP contribution in [0, 0.1) is 0 Å². The van der Waals surface area contributed by atoms with Gasteiger partial charge in [-0.15, -0.1) is 0 Å². The molecule has 4 nitrogen and oxygen atoms in total. The number of ether oxygens (including phenoxy) is 3. The maximum absolute atomic E-state index is 10.9. The molecule has 0 spiro atoms. The molecule has 80 valence electrons. The smallest absolute Gasteiger partial charge is 0.306 e. The second kappa shape index (κ2) is 3.51. The first kappa shape index (κ1) is 9.93. The molecular formula is C10H16O4. The first-order chi connectivity index (χ1) is 6.55. The van der Waals surface area contributed by atoms with Gasteiger partial charge >= 0.3 is 5.97 Å². The Morgan fingerprint density at radius 1 is 1.43 bits per heavy atom. The van der Waals surface area contributed by atoms with Gasteiger partial charge in [0.2, 0.25) is 0 Å². The average Bonchev–Trinajstić information content (AvgIpc) is 2.59. The quantitative estimate of drug-likeness (QED) is 0.629. The normalized spacial score (nSPS) is 36.0. The van der Waals surface area contributed by atoms with Gasteiger partial charge in [-0.25, -0.2) is 0 Å². The van der Waals surface area contributed by atoms with Crippen LogP contribution in [0.2, 0.25) is 0 Å². The largest absolute Gasteiger partial charge is 0.462 e. The highest BCUT2D eigenvalue weighted by molar-refractivity contribution is 5.71. The predicted molar refractivity (Wildman–Crippen MR) is 48.6 cm³/mol. The molecule has 2 atom stereocenters. The molecule has 0 amide bonds. The van der Waals surface area contributed by atoms with Gasteiger partial charge in [0.1, 0.15) is 6.10 Å². The highest BCUT2D eigenvalue weighted by atomic mass is 16.7. The summed E-state index contributed by atoms with van der Waals surface area (Å²) in [4.78, 5) is 10.9. The Hall–Kier alpha value is -0.610. The van der Waals surface area contributed by atoms with Crippen LogP contribution in [0.15, 0.2) is 0 Å². The summed E-state index contributed by atoms with van der Waals surface area (Å²) in [7, 11) is 0. The Balaban J connectivity index is 1.79. The monoisotopic (exact) mass is 200 g/mol. The molecule has 2 fully saturated rings. The summed E-state index contributed by atoms with van der Waals surface area (Å²) < 4.78 is 16.2. The molecule has 0 aromatic rings. The fraction of sp³-hybridized carbons (Fsp3) is 0.900. The zero-order chi connectivity index (χ0) is 10.2. The van der Waals surface area contributed by atoms with Crippen molar-refractivity contribution in [2.24, 2.45) is 0 Å². The minimum Gasteiger partial charge on any atom is -0.462 e. The summed E-state index contributed by atoms with van der Waals surface area (Å²) in [6.07, 6.45) is 2.22. The van der Waals surface area contributed by atoms with Crippen LogP contribution in [0.4, 0.5) is 0 Å². The van der Waals surface area contributed by atoms with Crippen LogP contribution in [0.5, 0.6) is 0 Å². The van der Waals surface area contributed by atoms with Crippen molar-refractivity contribution in [2.45, 2.75) is 51.1 Å². The first-order valence-electron chi connectivity index (χ1n) is 5.06. The average molecular weight is 200 g/mol. The Morgan fingerprint density at radius 2 is 2.21 bits per heavy atom. The highest BCUT2D eigenvalue weighted by Gasteiger charge is 2.36. The van der Waals surface area contributed by atoms with Gasteiger partial charge in [-0.3, -0.25) is 4.79 Å². The van der Waals surface area contributed by atoms with Crippen LogP contribution in [0.1, 0.15) is 33.1 Å². The lowest BCUT2D eigenvalue weighted by Gasteiger charge is -2.18. The van der Waals surface area contributed by atoms with Gasteiger partial charge in [-0.1, -0.05) is 0 Å². The van der Waals surface area contributed by atoms with E-state index in [1.807, 2.05) is 13.8 Å². The van der Waals surface area contributed by atoms with Crippen molar-refractivity contribution in [1.29, 1.82) is 0 Å². The maximum atomic E-state index is 10.9. The number of carbonyl (C=O) groups excluding carboxylic acids is 1. The molecule has 2 aliphatic heterocycles. The molecule has 0 saturated carbocycles. The third kappa shape index (κ3) is 2.25. The number of rotatable bonds is 2. The van der Waals surface area contributed by atoms with E-state index in [0.717, 1.165) is 12.8 Å². The van der Waals surface area contributed by atoms with Gasteiger partial charge in [-0.05, 0) is 20.3 Å². The fourth-order valence-electron chi connectivity index (χ4n) is 1.92. The zero-order valence-electron chi connectivity index (χ0n) is 8.62. The lowest BCUT2D eigenvalue weighted by atomic mass is 10.1. The zero-order valence-corrected chi connectivity index (χ0v) is 8.62. The minimum atomic E-state index is -0.479. The van der Waals surface area contributed by atoms with Crippen molar-refractivity contribution < 1.29 is 19.0 Å². The predicted octanol–water partition coefficient (Wildman–Crippen LogP) is 1.23. The second-order valence-corrected chi connectivity index (χ2v) is 4.34. The van der Waals surface area contributed by atoms with Gasteiger partial charge in [0.05, 0.1) is 12.7 Å². The van der Waals surface area contributed by atoms with E-state index in [0.29, 0.717) is 13.0 Å². The van der Waals surface area contributed by atoms with Crippen LogP contribution in [-0.2, 0) is 19.0 Å². The van der Waals surface area contributed by atoms with Crippen molar-refractivity contribution in [3.8, 4) is 0 Å². The fourth-order valence-corrected chi connectivity index (χ4v) is 1.92. The number of hydrogen-bond acceptors (Lipinski definition) is 4. The van der Waals surface area contributed by atoms with E-state index in [-0.39, 0.29) is 18.2 Å². The molecule has 0 radical (unpaired) electrons. The Morgan fingerprint density at radius 3 is 2.71 bits per heavy atom. The van der Waals surface area contributed by atoms with E-state index in [1.165, 1.54) is 0 Å². The van der Waals surface area contributed by atoms with Crippen molar-refractivity contribution >= 4 is 5.97 Å². The Bertz CT molecular complexity index is 236. The number of cyclic esters (lactones) is 1.